The molecule has 6 heterocycles. The molecule has 7 rings (SSSR count). The van der Waals surface area contributed by atoms with E-state index in [1.54, 1.807) is 30.3 Å². The van der Waals surface area contributed by atoms with Crippen molar-refractivity contribution in [2.75, 3.05) is 38.3 Å². The van der Waals surface area contributed by atoms with Gasteiger partial charge in [-0.2, -0.15) is 5.26 Å². The van der Waals surface area contributed by atoms with Gasteiger partial charge in [-0.25, -0.2) is 39.7 Å². The average Bonchev–Trinajstić information content (AvgIpc) is 3.86. The van der Waals surface area contributed by atoms with Crippen LogP contribution in [0.15, 0.2) is 64.8 Å². The van der Waals surface area contributed by atoms with E-state index in [1.165, 1.54) is 10.9 Å². The molecule has 1 amide bonds. The van der Waals surface area contributed by atoms with Crippen molar-refractivity contribution in [3.8, 4) is 6.07 Å². The molecule has 0 radical (unpaired) electrons. The number of phosphoric acid groups is 1. The van der Waals surface area contributed by atoms with Crippen LogP contribution < -0.4 is 16.6 Å². The number of halogens is 2. The minimum atomic E-state index is -4.91. The van der Waals surface area contributed by atoms with Crippen molar-refractivity contribution in [1.82, 2.24) is 29.1 Å². The molecule has 58 heavy (non-hydrogen) atoms. The molecule has 4 aromatic rings. The van der Waals surface area contributed by atoms with Crippen molar-refractivity contribution in [3.05, 3.63) is 93.1 Å². The van der Waals surface area contributed by atoms with E-state index in [2.05, 4.69) is 25.1 Å². The molecule has 1 aromatic carbocycles. The molecule has 0 aliphatic carbocycles. The number of ether oxygens (including phenoxy) is 2. The Morgan fingerprint density at radius 2 is 1.72 bits per heavy atom. The number of benzene rings is 1. The quantitative estimate of drug-likeness (QED) is 0.132. The summed E-state index contributed by atoms with van der Waals surface area (Å²) in [7, 11) is -4.91. The number of phosphoric ester groups is 1. The maximum Gasteiger partial charge on any atom is 0.475 e. The molecule has 3 fully saturated rings. The highest BCUT2D eigenvalue weighted by atomic mass is 32.5. The van der Waals surface area contributed by atoms with Crippen molar-refractivity contribution < 1.29 is 54.8 Å². The van der Waals surface area contributed by atoms with Gasteiger partial charge in [0, 0.05) is 17.8 Å². The number of anilines is 1. The van der Waals surface area contributed by atoms with E-state index in [4.69, 9.17) is 60.3 Å². The van der Waals surface area contributed by atoms with E-state index in [0.717, 1.165) is 23.2 Å². The molecule has 21 nitrogen and oxygen atoms in total. The summed E-state index contributed by atoms with van der Waals surface area (Å²) in [6.07, 6.45) is -11.4. The summed E-state index contributed by atoms with van der Waals surface area (Å²) in [5, 5.41) is 11.8. The number of carbonyl (C=O) groups is 1. The molecule has 3 aliphatic rings. The number of hydrogen-bond acceptors (Lipinski definition) is 17. The Labute approximate surface area is 330 Å². The number of aromatic nitrogens is 6. The van der Waals surface area contributed by atoms with Crippen LogP contribution in [0.4, 0.5) is 14.6 Å². The third-order valence-electron chi connectivity index (χ3n) is 8.77. The highest BCUT2D eigenvalue weighted by molar-refractivity contribution is 8.07. The number of carbonyl (C=O) groups excluding carboxylic acids is 1. The first-order chi connectivity index (χ1) is 27.9. The molecule has 3 saturated heterocycles. The maximum atomic E-state index is 16.8. The lowest BCUT2D eigenvalue weighted by Crippen LogP contribution is -2.38. The van der Waals surface area contributed by atoms with E-state index in [9.17, 15) is 18.9 Å². The lowest BCUT2D eigenvalue weighted by Gasteiger charge is -2.31. The molecule has 0 bridgehead atoms. The van der Waals surface area contributed by atoms with E-state index in [0.29, 0.717) is 5.56 Å². The SMILES string of the molecule is [C-]#[N+]CCOP1(=O)OC[C@H]2O[C@@H](n3ccc(=O)[nH]c3=O)[C@H](F)[C@@H]2OP(=S)(OCCC#N)OC[C@H]2O[C@@H](n3cnc4c(NC(=O)c5ccccc5)ncnc43)[C@H](F)[C@@H]2O1. The van der Waals surface area contributed by atoms with Crippen LogP contribution in [0.3, 0.4) is 0 Å². The Kier molecular flexibility index (Phi) is 12.6. The fraction of sp³-hybridized carbons (Fsp3) is 0.438. The Morgan fingerprint density at radius 3 is 2.43 bits per heavy atom. The van der Waals surface area contributed by atoms with Gasteiger partial charge in [0.15, 0.2) is 41.8 Å². The van der Waals surface area contributed by atoms with Crippen molar-refractivity contribution >= 4 is 49.2 Å². The van der Waals surface area contributed by atoms with E-state index in [1.807, 2.05) is 11.1 Å². The summed E-state index contributed by atoms with van der Waals surface area (Å²) in [6.45, 7) is 0.281. The lowest BCUT2D eigenvalue weighted by molar-refractivity contribution is -0.0669. The number of imidazole rings is 1. The van der Waals surface area contributed by atoms with Gasteiger partial charge in [-0.15, -0.1) is 0 Å². The number of nitrogens with one attached hydrogen (secondary N) is 2. The molecular weight excluding hydrogens is 834 g/mol. The van der Waals surface area contributed by atoms with Gasteiger partial charge in [0.1, 0.15) is 37.4 Å². The number of amides is 1. The number of fused-ring (bicyclic) bond motifs is 3. The fourth-order valence-electron chi connectivity index (χ4n) is 6.11. The van der Waals surface area contributed by atoms with Gasteiger partial charge in [0.05, 0.1) is 38.6 Å². The number of nitrogens with zero attached hydrogens (tertiary/aromatic N) is 7. The number of aromatic amines is 1. The number of nitriles is 1. The molecule has 3 aromatic heterocycles. The second-order valence-corrected chi connectivity index (χ2v) is 17.1. The van der Waals surface area contributed by atoms with Gasteiger partial charge >= 0.3 is 20.2 Å². The second-order valence-electron chi connectivity index (χ2n) is 12.5. The zero-order valence-electron chi connectivity index (χ0n) is 29.6. The zero-order chi connectivity index (χ0) is 41.0. The molecule has 306 valence electrons. The van der Waals surface area contributed by atoms with Gasteiger partial charge in [-0.3, -0.25) is 41.8 Å². The highest BCUT2D eigenvalue weighted by Crippen LogP contribution is 2.58. The second kappa shape index (κ2) is 17.7. The smallest absolute Gasteiger partial charge is 0.346 e. The largest absolute Gasteiger partial charge is 0.475 e. The van der Waals surface area contributed by atoms with Crippen molar-refractivity contribution in [2.45, 2.75) is 55.6 Å². The van der Waals surface area contributed by atoms with Crippen LogP contribution in [0.25, 0.3) is 16.0 Å². The van der Waals surface area contributed by atoms with Crippen LogP contribution in [-0.2, 0) is 53.0 Å². The summed E-state index contributed by atoms with van der Waals surface area (Å²) in [5.74, 6) is -0.501. The van der Waals surface area contributed by atoms with Crippen LogP contribution in [0, 0.1) is 17.9 Å². The number of H-pyrrole nitrogens is 1. The lowest BCUT2D eigenvalue weighted by atomic mass is 10.1. The topological polar surface area (TPSA) is 247 Å². The summed E-state index contributed by atoms with van der Waals surface area (Å²) in [5.41, 5.74) is -1.39. The van der Waals surface area contributed by atoms with Crippen molar-refractivity contribution in [3.63, 3.8) is 0 Å². The number of hydrogen-bond donors (Lipinski definition) is 2. The number of rotatable bonds is 10. The van der Waals surface area contributed by atoms with Gasteiger partial charge < -0.3 is 28.7 Å². The Balaban J connectivity index is 1.21. The first kappa shape index (κ1) is 41.5. The van der Waals surface area contributed by atoms with Crippen molar-refractivity contribution in [2.24, 2.45) is 0 Å². The third kappa shape index (κ3) is 8.83. The summed E-state index contributed by atoms with van der Waals surface area (Å²) < 4.78 is 95.5. The van der Waals surface area contributed by atoms with Crippen molar-refractivity contribution in [1.29, 1.82) is 5.26 Å². The van der Waals surface area contributed by atoms with Crippen LogP contribution in [0.5, 0.6) is 0 Å². The highest BCUT2D eigenvalue weighted by Gasteiger charge is 2.55. The van der Waals surface area contributed by atoms with Crippen LogP contribution in [0.1, 0.15) is 29.2 Å². The molecule has 3 aliphatic heterocycles. The Bertz CT molecular complexity index is 2450. The van der Waals surface area contributed by atoms with Crippen LogP contribution in [0.2, 0.25) is 0 Å². The zero-order valence-corrected chi connectivity index (χ0v) is 32.3. The summed E-state index contributed by atoms with van der Waals surface area (Å²) in [4.78, 5) is 55.0. The molecule has 10 atom stereocenters. The molecule has 26 heteroatoms. The van der Waals surface area contributed by atoms with Gasteiger partial charge in [0.2, 0.25) is 6.54 Å². The van der Waals surface area contributed by atoms with Gasteiger partial charge in [0.25, 0.3) is 11.5 Å². The Hall–Kier alpha value is -4.68. The molecule has 0 saturated carbocycles. The summed E-state index contributed by atoms with van der Waals surface area (Å²) in [6, 6.07) is 11.1. The predicted octanol–water partition coefficient (Wildman–Crippen LogP) is 3.12. The minimum Gasteiger partial charge on any atom is -0.346 e. The first-order valence-electron chi connectivity index (χ1n) is 17.2. The average molecular weight is 866 g/mol. The van der Waals surface area contributed by atoms with Crippen LogP contribution >= 0.6 is 14.5 Å². The van der Waals surface area contributed by atoms with E-state index < -0.39 is 101 Å². The first-order valence-corrected chi connectivity index (χ1v) is 21.2. The van der Waals surface area contributed by atoms with Gasteiger partial charge in [-0.05, 0) is 23.9 Å². The van der Waals surface area contributed by atoms with E-state index >= 15 is 8.78 Å². The monoisotopic (exact) mass is 865 g/mol. The summed E-state index contributed by atoms with van der Waals surface area (Å²) >= 11 is 5.62. The molecule has 2 N–H and O–H groups in total. The maximum absolute atomic E-state index is 16.8. The fourth-order valence-corrected chi connectivity index (χ4v) is 9.58. The minimum absolute atomic E-state index is 0.00199. The number of alkyl halides is 2. The standard InChI is InChI=1S/C32H31F2N9O12P2S/c1-36-10-13-48-56(47)50-14-19-26(23(34)30(52-19)42-11-8-21(44)40-32(42)46)55-57(58,49-12-5-9-35)51-15-20-25(54-56)22(33)31(53-20)43-17-39-24-27(37-16-38-28(24)43)41-29(45)18-6-3-2-4-7-18/h2-4,6-8,11,16-17,19-20,22-23,25-26,30-31H,5,10,12-15H2,(H,40,44,46)(H,37,38,41,45)/t19-,20-,22-,23-,25-,26-,30-,31-,56?,57?/m1/s1. The normalized spacial score (nSPS) is 31.2. The van der Waals surface area contributed by atoms with Crippen LogP contribution in [-0.4, -0.2) is 105 Å². The molecule has 2 unspecified atom stereocenters. The van der Waals surface area contributed by atoms with Gasteiger partial charge in [-0.1, -0.05) is 18.2 Å². The third-order valence-corrected chi connectivity index (χ3v) is 12.6. The Morgan fingerprint density at radius 1 is 1.02 bits per heavy atom. The molecule has 0 spiro atoms. The van der Waals surface area contributed by atoms with E-state index in [-0.39, 0.29) is 36.6 Å². The predicted molar refractivity (Wildman–Crippen MR) is 196 cm³/mol. The molecular formula is C32H31F2N9O12P2S.